The predicted molar refractivity (Wildman–Crippen MR) is 54.8 cm³/mol. The van der Waals surface area contributed by atoms with Crippen molar-refractivity contribution in [3.63, 3.8) is 0 Å². The SMILES string of the molecule is N#Cc1ccc(OCC(O)CO)c(Cl)c1. The van der Waals surface area contributed by atoms with Crippen molar-refractivity contribution in [3.05, 3.63) is 28.8 Å². The minimum absolute atomic E-state index is 0.0396. The molecule has 0 spiro atoms. The molecule has 0 amide bonds. The van der Waals surface area contributed by atoms with Crippen molar-refractivity contribution >= 4 is 11.6 Å². The zero-order valence-corrected chi connectivity index (χ0v) is 8.61. The number of nitriles is 1. The number of ether oxygens (including phenoxy) is 1. The van der Waals surface area contributed by atoms with Crippen molar-refractivity contribution in [2.24, 2.45) is 0 Å². The smallest absolute Gasteiger partial charge is 0.138 e. The van der Waals surface area contributed by atoms with Gasteiger partial charge in [0, 0.05) is 0 Å². The largest absolute Gasteiger partial charge is 0.489 e. The van der Waals surface area contributed by atoms with Gasteiger partial charge in [-0.1, -0.05) is 11.6 Å². The number of benzene rings is 1. The fraction of sp³-hybridized carbons (Fsp3) is 0.300. The van der Waals surface area contributed by atoms with E-state index in [1.807, 2.05) is 6.07 Å². The molecule has 1 atom stereocenters. The molecule has 0 saturated heterocycles. The summed E-state index contributed by atoms with van der Waals surface area (Å²) in [4.78, 5) is 0. The topological polar surface area (TPSA) is 73.5 Å². The van der Waals surface area contributed by atoms with Crippen LogP contribution < -0.4 is 4.74 Å². The molecule has 0 saturated carbocycles. The first-order valence-corrected chi connectivity index (χ1v) is 4.66. The predicted octanol–water partition coefficient (Wildman–Crippen LogP) is 0.944. The van der Waals surface area contributed by atoms with Gasteiger partial charge in [-0.15, -0.1) is 0 Å². The normalized spacial score (nSPS) is 11.9. The van der Waals surface area contributed by atoms with Gasteiger partial charge in [0.05, 0.1) is 23.3 Å². The summed E-state index contributed by atoms with van der Waals surface area (Å²) in [6.45, 7) is -0.407. The van der Waals surface area contributed by atoms with E-state index < -0.39 is 6.10 Å². The third kappa shape index (κ3) is 3.40. The van der Waals surface area contributed by atoms with Gasteiger partial charge < -0.3 is 14.9 Å². The lowest BCUT2D eigenvalue weighted by atomic mass is 10.2. The maximum Gasteiger partial charge on any atom is 0.138 e. The van der Waals surface area contributed by atoms with Crippen molar-refractivity contribution in [2.45, 2.75) is 6.10 Å². The Labute approximate surface area is 92.3 Å². The average Bonchev–Trinajstić information content (AvgIpc) is 2.26. The average molecular weight is 228 g/mol. The van der Waals surface area contributed by atoms with Crippen molar-refractivity contribution in [3.8, 4) is 11.8 Å². The molecule has 1 rings (SSSR count). The molecule has 0 radical (unpaired) electrons. The van der Waals surface area contributed by atoms with Crippen LogP contribution in [0.1, 0.15) is 5.56 Å². The maximum absolute atomic E-state index is 9.04. The first-order valence-electron chi connectivity index (χ1n) is 4.28. The lowest BCUT2D eigenvalue weighted by Crippen LogP contribution is -2.21. The standard InChI is InChI=1S/C10H10ClNO3/c11-9-3-7(4-12)1-2-10(9)15-6-8(14)5-13/h1-3,8,13-14H,5-6H2. The second-order valence-electron chi connectivity index (χ2n) is 2.90. The van der Waals surface area contributed by atoms with Crippen LogP contribution in [0.15, 0.2) is 18.2 Å². The molecule has 0 aliphatic heterocycles. The molecule has 1 aromatic carbocycles. The van der Waals surface area contributed by atoms with E-state index in [2.05, 4.69) is 0 Å². The Hall–Kier alpha value is -1.28. The van der Waals surface area contributed by atoms with E-state index in [1.54, 1.807) is 12.1 Å². The molecule has 1 aromatic rings. The van der Waals surface area contributed by atoms with Gasteiger partial charge in [-0.2, -0.15) is 5.26 Å². The van der Waals surface area contributed by atoms with Crippen LogP contribution >= 0.6 is 11.6 Å². The van der Waals surface area contributed by atoms with Gasteiger partial charge in [-0.25, -0.2) is 0 Å². The van der Waals surface area contributed by atoms with Gasteiger partial charge in [-0.05, 0) is 18.2 Å². The summed E-state index contributed by atoms with van der Waals surface area (Å²) in [7, 11) is 0. The quantitative estimate of drug-likeness (QED) is 0.803. The monoisotopic (exact) mass is 227 g/mol. The number of aliphatic hydroxyl groups excluding tert-OH is 2. The Kier molecular flexibility index (Phi) is 4.37. The summed E-state index contributed by atoms with van der Waals surface area (Å²) in [6.07, 6.45) is -0.934. The van der Waals surface area contributed by atoms with Crippen molar-refractivity contribution in [1.29, 1.82) is 5.26 Å². The second-order valence-corrected chi connectivity index (χ2v) is 3.31. The Morgan fingerprint density at radius 3 is 2.80 bits per heavy atom. The van der Waals surface area contributed by atoms with Crippen LogP contribution in [0.5, 0.6) is 5.75 Å². The molecule has 15 heavy (non-hydrogen) atoms. The number of halogens is 1. The summed E-state index contributed by atoms with van der Waals surface area (Å²) in [5.74, 6) is 0.378. The second kappa shape index (κ2) is 5.56. The summed E-state index contributed by atoms with van der Waals surface area (Å²) in [5.41, 5.74) is 0.440. The molecule has 1 unspecified atom stereocenters. The van der Waals surface area contributed by atoms with E-state index in [9.17, 15) is 0 Å². The van der Waals surface area contributed by atoms with Crippen LogP contribution in [0, 0.1) is 11.3 Å². The lowest BCUT2D eigenvalue weighted by Gasteiger charge is -2.10. The minimum atomic E-state index is -0.934. The van der Waals surface area contributed by atoms with Crippen molar-refractivity contribution in [1.82, 2.24) is 0 Å². The highest BCUT2D eigenvalue weighted by Gasteiger charge is 2.06. The fourth-order valence-electron chi connectivity index (χ4n) is 0.926. The first kappa shape index (κ1) is 11.8. The number of hydrogen-bond acceptors (Lipinski definition) is 4. The molecule has 4 nitrogen and oxygen atoms in total. The highest BCUT2D eigenvalue weighted by molar-refractivity contribution is 6.32. The van der Waals surface area contributed by atoms with Crippen LogP contribution in [0.3, 0.4) is 0 Å². The molecule has 0 aliphatic rings. The molecule has 0 heterocycles. The lowest BCUT2D eigenvalue weighted by molar-refractivity contribution is 0.0536. The summed E-state index contributed by atoms with van der Waals surface area (Å²) in [6, 6.07) is 6.52. The molecular weight excluding hydrogens is 218 g/mol. The molecule has 2 N–H and O–H groups in total. The fourth-order valence-corrected chi connectivity index (χ4v) is 1.16. The number of aliphatic hydroxyl groups is 2. The first-order chi connectivity index (χ1) is 7.17. The van der Waals surface area contributed by atoms with Gasteiger partial charge >= 0.3 is 0 Å². The van der Waals surface area contributed by atoms with Gasteiger partial charge in [0.15, 0.2) is 0 Å². The van der Waals surface area contributed by atoms with Gasteiger partial charge in [0.2, 0.25) is 0 Å². The Morgan fingerprint density at radius 1 is 1.53 bits per heavy atom. The summed E-state index contributed by atoms with van der Waals surface area (Å²) < 4.78 is 5.14. The molecular formula is C10H10ClNO3. The third-order valence-corrected chi connectivity index (χ3v) is 2.00. The van der Waals surface area contributed by atoms with E-state index in [1.165, 1.54) is 6.07 Å². The third-order valence-electron chi connectivity index (χ3n) is 1.70. The van der Waals surface area contributed by atoms with Crippen LogP contribution in [0.4, 0.5) is 0 Å². The van der Waals surface area contributed by atoms with Crippen LogP contribution in [-0.2, 0) is 0 Å². The minimum Gasteiger partial charge on any atom is -0.489 e. The molecule has 80 valence electrons. The molecule has 0 aromatic heterocycles. The van der Waals surface area contributed by atoms with E-state index >= 15 is 0 Å². The number of rotatable bonds is 4. The zero-order valence-electron chi connectivity index (χ0n) is 7.85. The van der Waals surface area contributed by atoms with Crippen LogP contribution in [-0.4, -0.2) is 29.5 Å². The van der Waals surface area contributed by atoms with E-state index in [0.29, 0.717) is 16.3 Å². The van der Waals surface area contributed by atoms with Crippen molar-refractivity contribution in [2.75, 3.05) is 13.2 Å². The maximum atomic E-state index is 9.04. The highest BCUT2D eigenvalue weighted by Crippen LogP contribution is 2.25. The number of hydrogen-bond donors (Lipinski definition) is 2. The van der Waals surface area contributed by atoms with E-state index in [0.717, 1.165) is 0 Å². The van der Waals surface area contributed by atoms with Gasteiger partial charge in [0.25, 0.3) is 0 Å². The molecule has 0 aliphatic carbocycles. The molecule has 5 heteroatoms. The molecule has 0 fully saturated rings. The summed E-state index contributed by atoms with van der Waals surface area (Å²) in [5, 5.41) is 26.5. The van der Waals surface area contributed by atoms with Crippen LogP contribution in [0.2, 0.25) is 5.02 Å². The van der Waals surface area contributed by atoms with Crippen molar-refractivity contribution < 1.29 is 14.9 Å². The van der Waals surface area contributed by atoms with Crippen LogP contribution in [0.25, 0.3) is 0 Å². The highest BCUT2D eigenvalue weighted by atomic mass is 35.5. The Bertz CT molecular complexity index is 375. The van der Waals surface area contributed by atoms with Gasteiger partial charge in [-0.3, -0.25) is 0 Å². The van der Waals surface area contributed by atoms with Gasteiger partial charge in [0.1, 0.15) is 18.5 Å². The van der Waals surface area contributed by atoms with E-state index in [-0.39, 0.29) is 13.2 Å². The zero-order chi connectivity index (χ0) is 11.3. The summed E-state index contributed by atoms with van der Waals surface area (Å²) >= 11 is 5.81. The van der Waals surface area contributed by atoms with E-state index in [4.69, 9.17) is 31.8 Å². The molecule has 0 bridgehead atoms. The Balaban J connectivity index is 2.67. The number of nitrogens with zero attached hydrogens (tertiary/aromatic N) is 1. The Morgan fingerprint density at radius 2 is 2.27 bits per heavy atom.